The number of thiophene rings is 1. The van der Waals surface area contributed by atoms with E-state index in [-0.39, 0.29) is 6.04 Å². The number of nitrogens with two attached hydrogens (primary N) is 1. The van der Waals surface area contributed by atoms with Gasteiger partial charge in [0, 0.05) is 4.88 Å². The topological polar surface area (TPSA) is 26.0 Å². The van der Waals surface area contributed by atoms with Crippen LogP contribution in [-0.4, -0.2) is 0 Å². The van der Waals surface area contributed by atoms with Crippen LogP contribution in [0.3, 0.4) is 0 Å². The summed E-state index contributed by atoms with van der Waals surface area (Å²) >= 11 is 5.25. The molecule has 96 valence electrons. The Hall–Kier alpha value is -0.640. The maximum absolute atomic E-state index is 6.34. The highest BCUT2D eigenvalue weighted by Crippen LogP contribution is 2.32. The Bertz CT molecular complexity index is 528. The van der Waals surface area contributed by atoms with Gasteiger partial charge >= 0.3 is 0 Å². The van der Waals surface area contributed by atoms with E-state index in [0.29, 0.717) is 5.92 Å². The van der Waals surface area contributed by atoms with E-state index >= 15 is 0 Å². The van der Waals surface area contributed by atoms with Gasteiger partial charge in [-0.15, -0.1) is 11.3 Å². The Morgan fingerprint density at radius 3 is 2.11 bits per heavy atom. The Kier molecular flexibility index (Phi) is 4.25. The molecule has 2 aromatic rings. The van der Waals surface area contributed by atoms with Crippen LogP contribution >= 0.6 is 27.3 Å². The molecule has 1 heterocycles. The fourth-order valence-corrected chi connectivity index (χ4v) is 3.79. The Balaban J connectivity index is 2.28. The van der Waals surface area contributed by atoms with E-state index in [0.717, 1.165) is 3.79 Å². The number of rotatable bonds is 3. The van der Waals surface area contributed by atoms with E-state index in [1.807, 2.05) is 0 Å². The highest BCUT2D eigenvalue weighted by atomic mass is 79.9. The quantitative estimate of drug-likeness (QED) is 0.845. The van der Waals surface area contributed by atoms with Crippen LogP contribution in [0, 0.1) is 6.92 Å². The second kappa shape index (κ2) is 5.55. The lowest BCUT2D eigenvalue weighted by Gasteiger charge is -2.13. The third-order valence-corrected chi connectivity index (χ3v) is 4.79. The lowest BCUT2D eigenvalue weighted by molar-refractivity contribution is 0.846. The van der Waals surface area contributed by atoms with Crippen molar-refractivity contribution in [1.29, 1.82) is 0 Å². The monoisotopic (exact) mass is 323 g/mol. The first kappa shape index (κ1) is 13.8. The van der Waals surface area contributed by atoms with Gasteiger partial charge in [-0.25, -0.2) is 0 Å². The molecule has 0 saturated heterocycles. The summed E-state index contributed by atoms with van der Waals surface area (Å²) < 4.78 is 1.14. The van der Waals surface area contributed by atoms with Crippen molar-refractivity contribution in [3.63, 3.8) is 0 Å². The van der Waals surface area contributed by atoms with Crippen molar-refractivity contribution < 1.29 is 0 Å². The second-order valence-electron chi connectivity index (χ2n) is 4.86. The number of hydrogen-bond donors (Lipinski definition) is 1. The molecule has 1 nitrogen and oxygen atoms in total. The predicted molar refractivity (Wildman–Crippen MR) is 83.3 cm³/mol. The van der Waals surface area contributed by atoms with E-state index in [4.69, 9.17) is 5.73 Å². The molecule has 18 heavy (non-hydrogen) atoms. The molecular formula is C15H18BrNS. The molecular weight excluding hydrogens is 306 g/mol. The highest BCUT2D eigenvalue weighted by Gasteiger charge is 2.14. The third-order valence-electron chi connectivity index (χ3n) is 3.22. The fourth-order valence-electron chi connectivity index (χ4n) is 2.04. The molecule has 1 aromatic carbocycles. The minimum Gasteiger partial charge on any atom is -0.320 e. The molecule has 0 radical (unpaired) electrons. The van der Waals surface area contributed by atoms with Crippen LogP contribution in [0.5, 0.6) is 0 Å². The molecule has 2 rings (SSSR count). The van der Waals surface area contributed by atoms with Gasteiger partial charge < -0.3 is 5.73 Å². The van der Waals surface area contributed by atoms with E-state index < -0.39 is 0 Å². The van der Waals surface area contributed by atoms with Gasteiger partial charge in [-0.2, -0.15) is 0 Å². The lowest BCUT2D eigenvalue weighted by atomic mass is 9.96. The first-order valence-corrected chi connectivity index (χ1v) is 7.71. The molecule has 0 fully saturated rings. The maximum Gasteiger partial charge on any atom is 0.0704 e. The van der Waals surface area contributed by atoms with E-state index in [2.05, 4.69) is 67.0 Å². The zero-order valence-electron chi connectivity index (χ0n) is 10.9. The van der Waals surface area contributed by atoms with Crippen molar-refractivity contribution in [2.24, 2.45) is 5.73 Å². The van der Waals surface area contributed by atoms with Gasteiger partial charge in [0.2, 0.25) is 0 Å². The zero-order valence-corrected chi connectivity index (χ0v) is 13.3. The summed E-state index contributed by atoms with van der Waals surface area (Å²) in [5.74, 6) is 0.562. The SMILES string of the molecule is Cc1sc(Br)cc1C(N)c1ccc(C(C)C)cc1. The predicted octanol–water partition coefficient (Wildman–Crippen LogP) is 4.99. The molecule has 0 spiro atoms. The Morgan fingerprint density at radius 1 is 1.11 bits per heavy atom. The maximum atomic E-state index is 6.34. The van der Waals surface area contributed by atoms with Crippen LogP contribution < -0.4 is 5.73 Å². The number of halogens is 1. The van der Waals surface area contributed by atoms with Crippen LogP contribution in [0.1, 0.15) is 47.4 Å². The van der Waals surface area contributed by atoms with Gasteiger partial charge in [0.15, 0.2) is 0 Å². The van der Waals surface area contributed by atoms with Crippen LogP contribution in [0.2, 0.25) is 0 Å². The van der Waals surface area contributed by atoms with Crippen LogP contribution in [0.4, 0.5) is 0 Å². The summed E-state index contributed by atoms with van der Waals surface area (Å²) in [6.45, 7) is 6.53. The van der Waals surface area contributed by atoms with Crippen molar-refractivity contribution >= 4 is 27.3 Å². The largest absolute Gasteiger partial charge is 0.320 e. The van der Waals surface area contributed by atoms with Crippen molar-refractivity contribution in [2.45, 2.75) is 32.7 Å². The Morgan fingerprint density at radius 2 is 1.67 bits per heavy atom. The van der Waals surface area contributed by atoms with Crippen molar-refractivity contribution in [3.8, 4) is 0 Å². The summed E-state index contributed by atoms with van der Waals surface area (Å²) in [5, 5.41) is 0. The standard InChI is InChI=1S/C15H18BrNS/c1-9(2)11-4-6-12(7-5-11)15(17)13-8-14(16)18-10(13)3/h4-9,15H,17H2,1-3H3. The van der Waals surface area contributed by atoms with E-state index in [1.54, 1.807) is 11.3 Å². The van der Waals surface area contributed by atoms with Crippen molar-refractivity contribution in [1.82, 2.24) is 0 Å². The average Bonchev–Trinajstić information content (AvgIpc) is 2.67. The summed E-state index contributed by atoms with van der Waals surface area (Å²) in [6.07, 6.45) is 0. The van der Waals surface area contributed by atoms with Gasteiger partial charge in [-0.3, -0.25) is 0 Å². The minimum atomic E-state index is -0.0336. The Labute approximate surface area is 121 Å². The normalized spacial score (nSPS) is 13.0. The minimum absolute atomic E-state index is 0.0336. The second-order valence-corrected chi connectivity index (χ2v) is 7.50. The number of benzene rings is 1. The fraction of sp³-hybridized carbons (Fsp3) is 0.333. The lowest BCUT2D eigenvalue weighted by Crippen LogP contribution is -2.12. The van der Waals surface area contributed by atoms with Crippen molar-refractivity contribution in [2.75, 3.05) is 0 Å². The molecule has 1 atom stereocenters. The highest BCUT2D eigenvalue weighted by molar-refractivity contribution is 9.11. The molecule has 0 bridgehead atoms. The van der Waals surface area contributed by atoms with Gasteiger partial charge in [-0.05, 0) is 51.5 Å². The van der Waals surface area contributed by atoms with Gasteiger partial charge in [0.05, 0.1) is 9.83 Å². The molecule has 2 N–H and O–H groups in total. The smallest absolute Gasteiger partial charge is 0.0704 e. The van der Waals surface area contributed by atoms with Crippen molar-refractivity contribution in [3.05, 3.63) is 55.7 Å². The summed E-state index contributed by atoms with van der Waals surface area (Å²) in [6, 6.07) is 10.7. The molecule has 0 aliphatic heterocycles. The first-order chi connectivity index (χ1) is 8.49. The zero-order chi connectivity index (χ0) is 13.3. The average molecular weight is 324 g/mol. The summed E-state index contributed by atoms with van der Waals surface area (Å²) in [5.41, 5.74) is 10.1. The van der Waals surface area contributed by atoms with E-state index in [1.165, 1.54) is 21.6 Å². The number of aryl methyl sites for hydroxylation is 1. The molecule has 1 aromatic heterocycles. The van der Waals surface area contributed by atoms with Gasteiger partial charge in [0.25, 0.3) is 0 Å². The first-order valence-electron chi connectivity index (χ1n) is 6.10. The van der Waals surface area contributed by atoms with Crippen LogP contribution in [0.15, 0.2) is 34.1 Å². The van der Waals surface area contributed by atoms with E-state index in [9.17, 15) is 0 Å². The molecule has 0 aliphatic carbocycles. The molecule has 3 heteroatoms. The summed E-state index contributed by atoms with van der Waals surface area (Å²) in [7, 11) is 0. The van der Waals surface area contributed by atoms with Crippen LogP contribution in [0.25, 0.3) is 0 Å². The molecule has 0 amide bonds. The van der Waals surface area contributed by atoms with Gasteiger partial charge in [0.1, 0.15) is 0 Å². The number of hydrogen-bond acceptors (Lipinski definition) is 2. The van der Waals surface area contributed by atoms with Gasteiger partial charge in [-0.1, -0.05) is 38.1 Å². The molecule has 0 saturated carbocycles. The van der Waals surface area contributed by atoms with Crippen LogP contribution in [-0.2, 0) is 0 Å². The molecule has 1 unspecified atom stereocenters. The third kappa shape index (κ3) is 2.85. The summed E-state index contributed by atoms with van der Waals surface area (Å²) in [4.78, 5) is 1.28. The molecule has 0 aliphatic rings.